The predicted molar refractivity (Wildman–Crippen MR) is 221 cm³/mol. The molecule has 0 bridgehead atoms. The topological polar surface area (TPSA) is 55.8 Å². The molecule has 1 spiro atoms. The Bertz CT molecular complexity index is 2700. The molecule has 3 aliphatic rings. The number of benzene rings is 8. The molecule has 8 aromatic rings. The fourth-order valence-corrected chi connectivity index (χ4v) is 11.8. The monoisotopic (exact) mass is 722 g/mol. The average molecular weight is 723 g/mol. The van der Waals surface area contributed by atoms with Crippen molar-refractivity contribution in [3.63, 3.8) is 0 Å². The molecule has 0 saturated heterocycles. The lowest BCUT2D eigenvalue weighted by Gasteiger charge is -2.35. The highest BCUT2D eigenvalue weighted by Gasteiger charge is 2.61. The van der Waals surface area contributed by atoms with E-state index in [0.717, 1.165) is 100 Å². The van der Waals surface area contributed by atoms with Gasteiger partial charge in [0, 0.05) is 38.8 Å². The summed E-state index contributed by atoms with van der Waals surface area (Å²) in [4.78, 5) is 12.1. The minimum Gasteiger partial charge on any atom is -0.394 e. The van der Waals surface area contributed by atoms with Crippen molar-refractivity contribution < 1.29 is 18.5 Å². The van der Waals surface area contributed by atoms with Crippen LogP contribution < -0.4 is 9.05 Å². The Morgan fingerprint density at radius 3 is 1.19 bits per heavy atom. The summed E-state index contributed by atoms with van der Waals surface area (Å²) < 4.78 is 28.1. The van der Waals surface area contributed by atoms with Gasteiger partial charge in [-0.25, -0.2) is 4.57 Å². The Balaban J connectivity index is 1.30. The zero-order valence-electron chi connectivity index (χ0n) is 30.7. The van der Waals surface area contributed by atoms with Gasteiger partial charge in [-0.2, -0.15) is 0 Å². The van der Waals surface area contributed by atoms with Gasteiger partial charge in [-0.05, 0) is 90.0 Å². The third-order valence-corrected chi connectivity index (χ3v) is 13.5. The Morgan fingerprint density at radius 1 is 0.500 bits per heavy atom. The van der Waals surface area contributed by atoms with E-state index in [1.54, 1.807) is 0 Å². The van der Waals surface area contributed by atoms with Crippen LogP contribution in [0.1, 0.15) is 62.8 Å². The van der Waals surface area contributed by atoms with Crippen molar-refractivity contribution in [2.24, 2.45) is 0 Å². The van der Waals surface area contributed by atoms with Gasteiger partial charge in [0.25, 0.3) is 0 Å². The van der Waals surface area contributed by atoms with Gasteiger partial charge in [0.2, 0.25) is 0 Å². The third kappa shape index (κ3) is 4.27. The van der Waals surface area contributed by atoms with Crippen molar-refractivity contribution in [3.8, 4) is 33.8 Å². The molecule has 0 fully saturated rings. The summed E-state index contributed by atoms with van der Waals surface area (Å²) in [6.07, 6.45) is 1.63. The van der Waals surface area contributed by atoms with Gasteiger partial charge in [0.15, 0.2) is 0 Å². The normalized spacial score (nSPS) is 18.2. The van der Waals surface area contributed by atoms with Gasteiger partial charge in [-0.1, -0.05) is 149 Å². The van der Waals surface area contributed by atoms with Crippen LogP contribution in [0, 0.1) is 0 Å². The van der Waals surface area contributed by atoms with Crippen LogP contribution in [0.25, 0.3) is 65.3 Å². The lowest BCUT2D eigenvalue weighted by molar-refractivity contribution is 0.276. The maximum absolute atomic E-state index is 14.9. The first kappa shape index (κ1) is 32.1. The summed E-state index contributed by atoms with van der Waals surface area (Å²) in [7, 11) is -4.78. The molecule has 1 N–H and O–H groups in total. The maximum Gasteiger partial charge on any atom is 0.584 e. The van der Waals surface area contributed by atoms with Gasteiger partial charge in [0.1, 0.15) is 11.5 Å². The first-order valence-corrected chi connectivity index (χ1v) is 20.4. The molecule has 1 aliphatic heterocycles. The summed E-state index contributed by atoms with van der Waals surface area (Å²) in [5, 5.41) is 8.67. The van der Waals surface area contributed by atoms with Crippen molar-refractivity contribution >= 4 is 50.9 Å². The minimum absolute atomic E-state index is 0.256. The number of rotatable bonds is 2. The van der Waals surface area contributed by atoms with Gasteiger partial charge in [-0.3, -0.25) is 4.89 Å². The molecule has 0 unspecified atom stereocenters. The fourth-order valence-electron chi connectivity index (χ4n) is 10.9. The molecule has 8 aromatic carbocycles. The van der Waals surface area contributed by atoms with Crippen LogP contribution in [0.15, 0.2) is 133 Å². The Hall–Kier alpha value is -5.41. The van der Waals surface area contributed by atoms with Crippen LogP contribution in [0.5, 0.6) is 11.5 Å². The molecule has 4 nitrogen and oxygen atoms in total. The number of hydrogen-bond acceptors (Lipinski definition) is 3. The maximum atomic E-state index is 14.9. The van der Waals surface area contributed by atoms with E-state index in [2.05, 4.69) is 161 Å². The Kier molecular flexibility index (Phi) is 6.31. The van der Waals surface area contributed by atoms with Gasteiger partial charge in [0.05, 0.1) is 0 Å². The molecule has 0 radical (unpaired) electrons. The van der Waals surface area contributed by atoms with E-state index in [4.69, 9.17) is 9.05 Å². The molecule has 5 heteroatoms. The second-order valence-electron chi connectivity index (χ2n) is 17.0. The largest absolute Gasteiger partial charge is 0.584 e. The van der Waals surface area contributed by atoms with E-state index < -0.39 is 13.2 Å². The fraction of sp³-hybridized carbons (Fsp3) is 0.184. The standard InChI is InChI=1S/C49H39O4P/c1-47(2)27-49-28-48(3,4)40-24-22-38(42-35-19-11-7-15-31(35)26-32-16-8-12-20-36(32)42)46(44(40)49)53-54(50,51)52-45-37(21-23-39(47)43(45)49)41-33-17-9-5-13-29(33)25-30-14-6-10-18-34(30)41/h5-26H,27-28H2,1-4H3,(H,50,51). The number of fused-ring (bicyclic) bond motifs is 4. The van der Waals surface area contributed by atoms with Crippen LogP contribution >= 0.6 is 7.82 Å². The van der Waals surface area contributed by atoms with E-state index in [1.807, 2.05) is 0 Å². The highest BCUT2D eigenvalue weighted by molar-refractivity contribution is 7.48. The van der Waals surface area contributed by atoms with E-state index in [9.17, 15) is 9.46 Å². The molecule has 0 amide bonds. The molecular weight excluding hydrogens is 684 g/mol. The summed E-state index contributed by atoms with van der Waals surface area (Å²) in [5.41, 5.74) is 6.90. The van der Waals surface area contributed by atoms with Crippen molar-refractivity contribution in [2.45, 2.75) is 56.8 Å². The van der Waals surface area contributed by atoms with Crippen LogP contribution in [0.4, 0.5) is 0 Å². The lowest BCUT2D eigenvalue weighted by Crippen LogP contribution is -2.29. The smallest absolute Gasteiger partial charge is 0.394 e. The quantitative estimate of drug-likeness (QED) is 0.143. The molecule has 54 heavy (non-hydrogen) atoms. The number of hydrogen-bond donors (Lipinski definition) is 1. The SMILES string of the molecule is CC1(C)CC23CC(C)(C)c4ccc(-c5c6ccccc6cc6ccccc56)c(c42)OP(=O)(O)Oc2c(-c4c5ccccc5cc5ccccc45)ccc1c23. The average Bonchev–Trinajstić information content (AvgIpc) is 3.52. The Labute approximate surface area is 314 Å². The number of phosphoric acid groups is 1. The van der Waals surface area contributed by atoms with Gasteiger partial charge in [-0.15, -0.1) is 0 Å². The van der Waals surface area contributed by atoms with Crippen molar-refractivity contribution in [1.82, 2.24) is 0 Å². The van der Waals surface area contributed by atoms with Crippen molar-refractivity contribution in [2.75, 3.05) is 0 Å². The summed E-state index contributed by atoms with van der Waals surface area (Å²) in [5.74, 6) is 0.918. The van der Waals surface area contributed by atoms with E-state index in [-0.39, 0.29) is 10.8 Å². The highest BCUT2D eigenvalue weighted by atomic mass is 31.2. The molecule has 0 atom stereocenters. The zero-order valence-corrected chi connectivity index (χ0v) is 31.6. The number of phosphoric ester groups is 1. The van der Waals surface area contributed by atoms with Crippen molar-refractivity contribution in [3.05, 3.63) is 156 Å². The summed E-state index contributed by atoms with van der Waals surface area (Å²) in [6, 6.07) is 46.8. The zero-order chi connectivity index (χ0) is 36.8. The predicted octanol–water partition coefficient (Wildman–Crippen LogP) is 13.2. The molecule has 1 heterocycles. The Morgan fingerprint density at radius 2 is 0.833 bits per heavy atom. The van der Waals surface area contributed by atoms with Crippen LogP contribution in [0.3, 0.4) is 0 Å². The molecule has 0 aromatic heterocycles. The first-order valence-electron chi connectivity index (χ1n) is 18.9. The lowest BCUT2D eigenvalue weighted by atomic mass is 9.71. The molecule has 2 aliphatic carbocycles. The van der Waals surface area contributed by atoms with E-state index in [0.29, 0.717) is 11.5 Å². The second-order valence-corrected chi connectivity index (χ2v) is 18.3. The van der Waals surface area contributed by atoms with Crippen LogP contribution in [0.2, 0.25) is 0 Å². The minimum atomic E-state index is -4.78. The molecule has 264 valence electrons. The highest BCUT2D eigenvalue weighted by Crippen LogP contribution is 2.71. The molecule has 11 rings (SSSR count). The van der Waals surface area contributed by atoms with Crippen molar-refractivity contribution in [1.29, 1.82) is 0 Å². The first-order chi connectivity index (χ1) is 26.0. The van der Waals surface area contributed by atoms with Gasteiger partial charge >= 0.3 is 7.82 Å². The molecular formula is C49H39O4P. The third-order valence-electron chi connectivity index (χ3n) is 12.7. The van der Waals surface area contributed by atoms with Crippen LogP contribution in [-0.2, 0) is 20.8 Å². The summed E-state index contributed by atoms with van der Waals surface area (Å²) in [6.45, 7) is 9.23. The van der Waals surface area contributed by atoms with E-state index >= 15 is 0 Å². The molecule has 0 saturated carbocycles. The second kappa shape index (κ2) is 10.6. The summed E-state index contributed by atoms with van der Waals surface area (Å²) >= 11 is 0. The van der Waals surface area contributed by atoms with Crippen LogP contribution in [-0.4, -0.2) is 4.89 Å². The van der Waals surface area contributed by atoms with Gasteiger partial charge < -0.3 is 9.05 Å². The van der Waals surface area contributed by atoms with E-state index in [1.165, 1.54) is 0 Å².